The van der Waals surface area contributed by atoms with Gasteiger partial charge in [-0.05, 0) is 37.1 Å². The third-order valence-corrected chi connectivity index (χ3v) is 2.33. The Balaban J connectivity index is 3.04. The summed E-state index contributed by atoms with van der Waals surface area (Å²) in [6.45, 7) is 3.77. The molecule has 0 saturated heterocycles. The molecular weight excluding hydrogens is 243 g/mol. The van der Waals surface area contributed by atoms with Gasteiger partial charge in [0.2, 0.25) is 0 Å². The number of benzene rings is 1. The first-order valence-corrected chi connectivity index (χ1v) is 5.59. The average Bonchev–Trinajstić information content (AvgIpc) is 2.09. The molecule has 0 heterocycles. The number of halogens is 2. The molecule has 0 aromatic heterocycles. The van der Waals surface area contributed by atoms with Gasteiger partial charge in [0.1, 0.15) is 5.82 Å². The lowest BCUT2D eigenvalue weighted by molar-refractivity contribution is 0.625. The number of alkyl halides is 1. The zero-order valence-corrected chi connectivity index (χ0v) is 9.91. The number of hydrogen-bond donors (Lipinski definition) is 0. The Kier molecular flexibility index (Phi) is 4.16. The zero-order valence-electron chi connectivity index (χ0n) is 8.32. The monoisotopic (exact) mass is 254 g/mol. The summed E-state index contributed by atoms with van der Waals surface area (Å²) in [5, 5.41) is 0.874. The van der Waals surface area contributed by atoms with Crippen molar-refractivity contribution in [2.45, 2.75) is 20.3 Å². The highest BCUT2D eigenvalue weighted by molar-refractivity contribution is 9.09. The van der Waals surface area contributed by atoms with Gasteiger partial charge >= 0.3 is 0 Å². The Hall–Kier alpha value is -0.810. The van der Waals surface area contributed by atoms with E-state index in [1.165, 1.54) is 12.1 Å². The van der Waals surface area contributed by atoms with Crippen LogP contribution >= 0.6 is 15.9 Å². The molecule has 0 aliphatic heterocycles. The Morgan fingerprint density at radius 3 is 2.36 bits per heavy atom. The van der Waals surface area contributed by atoms with Gasteiger partial charge in [-0.2, -0.15) is 0 Å². The quantitative estimate of drug-likeness (QED) is 0.531. The fraction of sp³-hybridized carbons (Fsp3) is 0.333. The molecule has 0 unspecified atom stereocenters. The molecule has 0 spiro atoms. The van der Waals surface area contributed by atoms with Gasteiger partial charge in [-0.3, -0.25) is 0 Å². The molecule has 0 atom stereocenters. The Labute approximate surface area is 92.7 Å². The van der Waals surface area contributed by atoms with Crippen molar-refractivity contribution in [1.29, 1.82) is 0 Å². The summed E-state index contributed by atoms with van der Waals surface area (Å²) >= 11 is 3.31. The molecule has 0 fully saturated rings. The summed E-state index contributed by atoms with van der Waals surface area (Å²) in [7, 11) is 0. The van der Waals surface area contributed by atoms with Crippen molar-refractivity contribution in [2.24, 2.45) is 0 Å². The van der Waals surface area contributed by atoms with Crippen LogP contribution in [0.2, 0.25) is 0 Å². The van der Waals surface area contributed by atoms with Crippen LogP contribution in [-0.4, -0.2) is 5.33 Å². The van der Waals surface area contributed by atoms with Gasteiger partial charge < -0.3 is 0 Å². The molecule has 0 radical (unpaired) electrons. The van der Waals surface area contributed by atoms with Crippen molar-refractivity contribution in [2.75, 3.05) is 5.33 Å². The number of rotatable bonds is 1. The molecule has 0 saturated carbocycles. The first kappa shape index (κ1) is 11.3. The van der Waals surface area contributed by atoms with Crippen LogP contribution in [0.3, 0.4) is 0 Å². The lowest BCUT2D eigenvalue weighted by atomic mass is 10.0. The van der Waals surface area contributed by atoms with Crippen LogP contribution in [0.25, 0.3) is 0 Å². The van der Waals surface area contributed by atoms with Crippen LogP contribution in [0.4, 0.5) is 4.39 Å². The van der Waals surface area contributed by atoms with Crippen LogP contribution in [0, 0.1) is 31.5 Å². The van der Waals surface area contributed by atoms with Crippen LogP contribution in [-0.2, 0) is 0 Å². The molecule has 0 N–H and O–H groups in total. The maximum atomic E-state index is 12.9. The van der Waals surface area contributed by atoms with Crippen molar-refractivity contribution in [3.8, 4) is 11.8 Å². The minimum Gasteiger partial charge on any atom is -0.207 e. The van der Waals surface area contributed by atoms with E-state index in [0.717, 1.165) is 28.4 Å². The topological polar surface area (TPSA) is 0 Å². The molecule has 2 heteroatoms. The summed E-state index contributed by atoms with van der Waals surface area (Å²) in [4.78, 5) is 0. The van der Waals surface area contributed by atoms with Gasteiger partial charge in [0.05, 0.1) is 0 Å². The predicted octanol–water partition coefficient (Wildman–Crippen LogP) is 3.58. The van der Waals surface area contributed by atoms with Crippen molar-refractivity contribution < 1.29 is 4.39 Å². The van der Waals surface area contributed by atoms with E-state index in [1.807, 2.05) is 13.8 Å². The summed E-state index contributed by atoms with van der Waals surface area (Å²) in [6, 6.07) is 3.04. The second-order valence-corrected chi connectivity index (χ2v) is 3.95. The minimum absolute atomic E-state index is 0.189. The molecular formula is C12H12BrF. The van der Waals surface area contributed by atoms with Crippen molar-refractivity contribution >= 4 is 15.9 Å². The molecule has 0 aliphatic rings. The standard InChI is InChI=1S/C12H12BrF/c1-9-7-11(14)8-10(2)12(9)5-3-4-6-13/h7-8H,4,6H2,1-2H3. The largest absolute Gasteiger partial charge is 0.207 e. The highest BCUT2D eigenvalue weighted by atomic mass is 79.9. The molecule has 0 aliphatic carbocycles. The van der Waals surface area contributed by atoms with Crippen molar-refractivity contribution in [1.82, 2.24) is 0 Å². The lowest BCUT2D eigenvalue weighted by Gasteiger charge is -2.02. The van der Waals surface area contributed by atoms with Gasteiger partial charge in [0.25, 0.3) is 0 Å². The van der Waals surface area contributed by atoms with Gasteiger partial charge in [-0.15, -0.1) is 0 Å². The Morgan fingerprint density at radius 1 is 1.29 bits per heavy atom. The second-order valence-electron chi connectivity index (χ2n) is 3.16. The zero-order chi connectivity index (χ0) is 10.6. The molecule has 74 valence electrons. The highest BCUT2D eigenvalue weighted by Gasteiger charge is 2.01. The van der Waals surface area contributed by atoms with Crippen LogP contribution in [0.1, 0.15) is 23.1 Å². The third kappa shape index (κ3) is 2.85. The van der Waals surface area contributed by atoms with E-state index >= 15 is 0 Å². The van der Waals surface area contributed by atoms with E-state index in [-0.39, 0.29) is 5.82 Å². The maximum absolute atomic E-state index is 12.9. The average molecular weight is 255 g/mol. The van der Waals surface area contributed by atoms with Gasteiger partial charge in [-0.25, -0.2) is 4.39 Å². The van der Waals surface area contributed by atoms with E-state index in [1.54, 1.807) is 0 Å². The Bertz CT molecular complexity index is 362. The van der Waals surface area contributed by atoms with E-state index < -0.39 is 0 Å². The fourth-order valence-corrected chi connectivity index (χ4v) is 1.50. The summed E-state index contributed by atoms with van der Waals surface area (Å²) in [6.07, 6.45) is 0.816. The first-order chi connectivity index (χ1) is 6.65. The van der Waals surface area contributed by atoms with Crippen LogP contribution in [0.5, 0.6) is 0 Å². The second kappa shape index (κ2) is 5.17. The molecule has 0 bridgehead atoms. The molecule has 1 aromatic carbocycles. The maximum Gasteiger partial charge on any atom is 0.123 e. The molecule has 0 amide bonds. The highest BCUT2D eigenvalue weighted by Crippen LogP contribution is 2.14. The van der Waals surface area contributed by atoms with E-state index in [0.29, 0.717) is 0 Å². The number of aryl methyl sites for hydroxylation is 2. The van der Waals surface area contributed by atoms with Gasteiger partial charge in [0.15, 0.2) is 0 Å². The lowest BCUT2D eigenvalue weighted by Crippen LogP contribution is -1.90. The molecule has 14 heavy (non-hydrogen) atoms. The van der Waals surface area contributed by atoms with Crippen LogP contribution < -0.4 is 0 Å². The SMILES string of the molecule is Cc1cc(F)cc(C)c1C#CCCBr. The molecule has 1 rings (SSSR count). The summed E-state index contributed by atoms with van der Waals surface area (Å²) in [5.74, 6) is 5.91. The molecule has 1 aromatic rings. The van der Waals surface area contributed by atoms with E-state index in [9.17, 15) is 4.39 Å². The van der Waals surface area contributed by atoms with Gasteiger partial charge in [-0.1, -0.05) is 27.8 Å². The first-order valence-electron chi connectivity index (χ1n) is 4.46. The fourth-order valence-electron chi connectivity index (χ4n) is 1.31. The van der Waals surface area contributed by atoms with E-state index in [2.05, 4.69) is 27.8 Å². The summed E-state index contributed by atoms with van der Waals surface area (Å²) < 4.78 is 12.9. The third-order valence-electron chi connectivity index (χ3n) is 1.93. The van der Waals surface area contributed by atoms with Crippen LogP contribution in [0.15, 0.2) is 12.1 Å². The smallest absolute Gasteiger partial charge is 0.123 e. The predicted molar refractivity (Wildman–Crippen MR) is 61.2 cm³/mol. The van der Waals surface area contributed by atoms with Gasteiger partial charge in [0, 0.05) is 17.3 Å². The number of hydrogen-bond acceptors (Lipinski definition) is 0. The van der Waals surface area contributed by atoms with Crippen molar-refractivity contribution in [3.05, 3.63) is 34.6 Å². The molecule has 0 nitrogen and oxygen atoms in total. The van der Waals surface area contributed by atoms with E-state index in [4.69, 9.17) is 0 Å². The van der Waals surface area contributed by atoms with Crippen molar-refractivity contribution in [3.63, 3.8) is 0 Å². The Morgan fingerprint density at radius 2 is 1.86 bits per heavy atom. The minimum atomic E-state index is -0.189. The normalized spacial score (nSPS) is 9.43. The summed E-state index contributed by atoms with van der Waals surface area (Å²) in [5.41, 5.74) is 2.77.